The predicted molar refractivity (Wildman–Crippen MR) is 123 cm³/mol. The van der Waals surface area contributed by atoms with E-state index in [1.165, 1.54) is 25.3 Å². The molecule has 6 nitrogen and oxygen atoms in total. The highest BCUT2D eigenvalue weighted by atomic mass is 35.5. The maximum absolute atomic E-state index is 12.6. The number of hydrogen-bond donors (Lipinski definition) is 2. The number of carbonyl (C=O) groups excluding carboxylic acids is 2. The van der Waals surface area contributed by atoms with Crippen molar-refractivity contribution < 1.29 is 19.1 Å². The number of thioether (sulfide) groups is 1. The summed E-state index contributed by atoms with van der Waals surface area (Å²) in [5, 5.41) is 3.29. The van der Waals surface area contributed by atoms with E-state index in [0.717, 1.165) is 10.6 Å². The second-order valence-electron chi connectivity index (χ2n) is 6.19. The van der Waals surface area contributed by atoms with Gasteiger partial charge in [-0.1, -0.05) is 23.2 Å². The van der Waals surface area contributed by atoms with Gasteiger partial charge in [-0.3, -0.25) is 4.79 Å². The molecule has 0 aliphatic heterocycles. The number of ether oxygens (including phenoxy) is 2. The molecule has 0 fully saturated rings. The first-order valence-corrected chi connectivity index (χ1v) is 10.9. The van der Waals surface area contributed by atoms with Gasteiger partial charge in [-0.15, -0.1) is 11.8 Å². The Morgan fingerprint density at radius 1 is 1.13 bits per heavy atom. The van der Waals surface area contributed by atoms with Crippen LogP contribution in [0.2, 0.25) is 10.0 Å². The second-order valence-corrected chi connectivity index (χ2v) is 7.93. The zero-order valence-corrected chi connectivity index (χ0v) is 19.1. The lowest BCUT2D eigenvalue weighted by Crippen LogP contribution is -2.16. The predicted octanol–water partition coefficient (Wildman–Crippen LogP) is 5.35. The standard InChI is InChI=1S/C21H22Cl2N2O4S/c1-12(24)19(30-3)8-9-29-14-5-7-18(16(11-14)21(27)28-2)25-20(26)15-6-4-13(22)10-17(15)23/h4-7,10-11H,8-9,24H2,1-3H3,(H,25,26)/b19-12-. The summed E-state index contributed by atoms with van der Waals surface area (Å²) in [6, 6.07) is 9.28. The van der Waals surface area contributed by atoms with Crippen molar-refractivity contribution in [2.45, 2.75) is 13.3 Å². The third kappa shape index (κ3) is 6.32. The normalized spacial score (nSPS) is 11.5. The van der Waals surface area contributed by atoms with Crippen LogP contribution in [0.15, 0.2) is 47.0 Å². The summed E-state index contributed by atoms with van der Waals surface area (Å²) in [5.41, 5.74) is 7.23. The second kappa shape index (κ2) is 11.2. The number of anilines is 1. The minimum atomic E-state index is -0.611. The molecule has 0 heterocycles. The van der Waals surface area contributed by atoms with Gasteiger partial charge in [0.1, 0.15) is 5.75 Å². The molecule has 2 aromatic rings. The highest BCUT2D eigenvalue weighted by Gasteiger charge is 2.18. The fourth-order valence-electron chi connectivity index (χ4n) is 2.59. The van der Waals surface area contributed by atoms with Gasteiger partial charge in [0.15, 0.2) is 0 Å². The summed E-state index contributed by atoms with van der Waals surface area (Å²) in [4.78, 5) is 25.9. The largest absolute Gasteiger partial charge is 0.493 e. The van der Waals surface area contributed by atoms with Gasteiger partial charge in [-0.2, -0.15) is 0 Å². The van der Waals surface area contributed by atoms with E-state index in [0.29, 0.717) is 23.8 Å². The van der Waals surface area contributed by atoms with Crippen molar-refractivity contribution in [1.29, 1.82) is 0 Å². The molecule has 2 aromatic carbocycles. The Bertz CT molecular complexity index is 975. The Hall–Kier alpha value is -2.35. The minimum absolute atomic E-state index is 0.157. The molecule has 0 atom stereocenters. The first kappa shape index (κ1) is 23.9. The van der Waals surface area contributed by atoms with Gasteiger partial charge in [0.25, 0.3) is 5.91 Å². The van der Waals surface area contributed by atoms with Crippen LogP contribution in [-0.2, 0) is 4.74 Å². The molecule has 0 aliphatic rings. The van der Waals surface area contributed by atoms with Crippen LogP contribution in [0, 0.1) is 0 Å². The molecule has 0 aromatic heterocycles. The fraction of sp³-hybridized carbons (Fsp3) is 0.238. The topological polar surface area (TPSA) is 90.7 Å². The van der Waals surface area contributed by atoms with E-state index < -0.39 is 11.9 Å². The number of amides is 1. The van der Waals surface area contributed by atoms with E-state index in [4.69, 9.17) is 38.4 Å². The number of esters is 1. The van der Waals surface area contributed by atoms with Crippen molar-refractivity contribution in [3.05, 3.63) is 68.2 Å². The molecule has 0 radical (unpaired) electrons. The summed E-state index contributed by atoms with van der Waals surface area (Å²) < 4.78 is 10.6. The maximum Gasteiger partial charge on any atom is 0.340 e. The van der Waals surface area contributed by atoms with Crippen LogP contribution in [0.25, 0.3) is 0 Å². The van der Waals surface area contributed by atoms with Gasteiger partial charge in [0.2, 0.25) is 0 Å². The average molecular weight is 469 g/mol. The number of rotatable bonds is 8. The number of benzene rings is 2. The Labute approximate surface area is 189 Å². The minimum Gasteiger partial charge on any atom is -0.493 e. The Morgan fingerprint density at radius 2 is 1.87 bits per heavy atom. The summed E-state index contributed by atoms with van der Waals surface area (Å²) in [6.07, 6.45) is 2.59. The van der Waals surface area contributed by atoms with Crippen molar-refractivity contribution in [1.82, 2.24) is 0 Å². The lowest BCUT2D eigenvalue weighted by atomic mass is 10.1. The Morgan fingerprint density at radius 3 is 2.47 bits per heavy atom. The van der Waals surface area contributed by atoms with Crippen molar-refractivity contribution in [3.8, 4) is 5.75 Å². The number of carbonyl (C=O) groups is 2. The maximum atomic E-state index is 12.6. The smallest absolute Gasteiger partial charge is 0.340 e. The molecule has 9 heteroatoms. The van der Waals surface area contributed by atoms with Crippen molar-refractivity contribution in [2.24, 2.45) is 5.73 Å². The van der Waals surface area contributed by atoms with E-state index >= 15 is 0 Å². The van der Waals surface area contributed by atoms with Gasteiger partial charge in [0, 0.05) is 22.0 Å². The number of halogens is 2. The molecule has 160 valence electrons. The average Bonchev–Trinajstić information content (AvgIpc) is 2.71. The Kier molecular flexibility index (Phi) is 8.89. The summed E-state index contributed by atoms with van der Waals surface area (Å²) in [7, 11) is 1.26. The van der Waals surface area contributed by atoms with Gasteiger partial charge < -0.3 is 20.5 Å². The molecular weight excluding hydrogens is 447 g/mol. The zero-order chi connectivity index (χ0) is 22.3. The summed E-state index contributed by atoms with van der Waals surface area (Å²) in [6.45, 7) is 2.23. The molecular formula is C21H22Cl2N2O4S. The number of allylic oxidation sites excluding steroid dienone is 1. The van der Waals surface area contributed by atoms with Crippen molar-refractivity contribution in [2.75, 3.05) is 25.3 Å². The van der Waals surface area contributed by atoms with Crippen LogP contribution in [0.1, 0.15) is 34.1 Å². The molecule has 3 N–H and O–H groups in total. The van der Waals surface area contributed by atoms with E-state index in [1.54, 1.807) is 30.0 Å². The van der Waals surface area contributed by atoms with Gasteiger partial charge in [-0.25, -0.2) is 4.79 Å². The lowest BCUT2D eigenvalue weighted by Gasteiger charge is -2.14. The molecule has 0 unspecified atom stereocenters. The van der Waals surface area contributed by atoms with Crippen LogP contribution in [0.4, 0.5) is 5.69 Å². The molecule has 2 rings (SSSR count). The van der Waals surface area contributed by atoms with E-state index in [9.17, 15) is 9.59 Å². The number of nitrogens with one attached hydrogen (secondary N) is 1. The van der Waals surface area contributed by atoms with Crippen LogP contribution in [0.5, 0.6) is 5.75 Å². The summed E-state index contributed by atoms with van der Waals surface area (Å²) in [5.74, 6) is -0.628. The molecule has 0 aliphatic carbocycles. The van der Waals surface area contributed by atoms with Gasteiger partial charge in [0.05, 0.1) is 35.6 Å². The SMILES string of the molecule is COC(=O)c1cc(OCC/C(SC)=C(\C)N)ccc1NC(=O)c1ccc(Cl)cc1Cl. The molecule has 0 spiro atoms. The number of nitrogens with two attached hydrogens (primary N) is 1. The van der Waals surface area contributed by atoms with Crippen LogP contribution < -0.4 is 15.8 Å². The van der Waals surface area contributed by atoms with Crippen molar-refractivity contribution >= 4 is 52.5 Å². The number of methoxy groups -OCH3 is 1. The quantitative estimate of drug-likeness (QED) is 0.507. The first-order chi connectivity index (χ1) is 14.3. The first-order valence-electron chi connectivity index (χ1n) is 8.87. The lowest BCUT2D eigenvalue weighted by molar-refractivity contribution is 0.0601. The monoisotopic (exact) mass is 468 g/mol. The molecule has 0 saturated carbocycles. The van der Waals surface area contributed by atoms with Crippen LogP contribution >= 0.6 is 35.0 Å². The van der Waals surface area contributed by atoms with Gasteiger partial charge in [-0.05, 0) is 49.6 Å². The molecule has 30 heavy (non-hydrogen) atoms. The zero-order valence-electron chi connectivity index (χ0n) is 16.8. The van der Waals surface area contributed by atoms with E-state index in [2.05, 4.69) is 5.32 Å². The van der Waals surface area contributed by atoms with E-state index in [-0.39, 0.29) is 21.8 Å². The molecule has 1 amide bonds. The molecule has 0 saturated heterocycles. The van der Waals surface area contributed by atoms with Gasteiger partial charge >= 0.3 is 5.97 Å². The fourth-order valence-corrected chi connectivity index (χ4v) is 3.69. The highest BCUT2D eigenvalue weighted by Crippen LogP contribution is 2.27. The third-order valence-corrected chi connectivity index (χ3v) is 5.67. The molecule has 0 bridgehead atoms. The third-order valence-electron chi connectivity index (χ3n) is 4.10. The Balaban J connectivity index is 2.20. The van der Waals surface area contributed by atoms with Crippen LogP contribution in [-0.4, -0.2) is 31.8 Å². The highest BCUT2D eigenvalue weighted by molar-refractivity contribution is 8.02. The van der Waals surface area contributed by atoms with E-state index in [1.807, 2.05) is 13.2 Å². The van der Waals surface area contributed by atoms with Crippen molar-refractivity contribution in [3.63, 3.8) is 0 Å². The van der Waals surface area contributed by atoms with Crippen LogP contribution in [0.3, 0.4) is 0 Å². The number of hydrogen-bond acceptors (Lipinski definition) is 6. The summed E-state index contributed by atoms with van der Waals surface area (Å²) >= 11 is 13.5.